The predicted octanol–water partition coefficient (Wildman–Crippen LogP) is 4.26. The van der Waals surface area contributed by atoms with Crippen LogP contribution < -0.4 is 14.8 Å². The van der Waals surface area contributed by atoms with E-state index >= 15 is 0 Å². The molecule has 0 aromatic heterocycles. The third kappa shape index (κ3) is 4.32. The van der Waals surface area contributed by atoms with Gasteiger partial charge in [0.05, 0.1) is 30.7 Å². The summed E-state index contributed by atoms with van der Waals surface area (Å²) in [6.07, 6.45) is 0. The van der Waals surface area contributed by atoms with Gasteiger partial charge in [-0.3, -0.25) is 14.9 Å². The average Bonchev–Trinajstić information content (AvgIpc) is 2.61. The number of ether oxygens (including phenoxy) is 2. The van der Waals surface area contributed by atoms with Crippen LogP contribution in [0.25, 0.3) is 0 Å². The van der Waals surface area contributed by atoms with Gasteiger partial charge in [0.2, 0.25) is 0 Å². The molecule has 2 rings (SSSR count). The molecule has 0 spiro atoms. The molecule has 0 fully saturated rings. The fourth-order valence-electron chi connectivity index (χ4n) is 2.49. The van der Waals surface area contributed by atoms with Crippen LogP contribution in [0.15, 0.2) is 40.9 Å². The summed E-state index contributed by atoms with van der Waals surface area (Å²) < 4.78 is 11.4. The summed E-state index contributed by atoms with van der Waals surface area (Å²) in [7, 11) is 1.41. The first-order chi connectivity index (χ1) is 12.4. The van der Waals surface area contributed by atoms with E-state index in [2.05, 4.69) is 21.2 Å². The number of amides is 1. The molecule has 1 unspecified atom stereocenters. The topological polar surface area (TPSA) is 90.7 Å². The maximum atomic E-state index is 12.7. The van der Waals surface area contributed by atoms with Gasteiger partial charge in [-0.25, -0.2) is 0 Å². The number of carbonyl (C=O) groups excluding carboxylic acids is 1. The standard InChI is InChI=1S/C18H19BrN2O5/c1-4-26-17-10-15(21(23)24)13(9-16(17)25-3)18(22)20-11(2)12-7-5-6-8-14(12)19/h5-11H,4H2,1-3H3,(H,20,22). The third-order valence-corrected chi connectivity index (χ3v) is 4.46. The highest BCUT2D eigenvalue weighted by Gasteiger charge is 2.26. The lowest BCUT2D eigenvalue weighted by Gasteiger charge is -2.17. The maximum Gasteiger partial charge on any atom is 0.286 e. The van der Waals surface area contributed by atoms with Crippen LogP contribution in [0.2, 0.25) is 0 Å². The van der Waals surface area contributed by atoms with Gasteiger partial charge < -0.3 is 14.8 Å². The van der Waals surface area contributed by atoms with Crippen LogP contribution in [0.5, 0.6) is 11.5 Å². The minimum atomic E-state index is -0.611. The Morgan fingerprint density at radius 1 is 1.31 bits per heavy atom. The van der Waals surface area contributed by atoms with E-state index in [1.165, 1.54) is 19.2 Å². The summed E-state index contributed by atoms with van der Waals surface area (Å²) in [5, 5.41) is 14.2. The lowest BCUT2D eigenvalue weighted by molar-refractivity contribution is -0.385. The van der Waals surface area contributed by atoms with E-state index in [1.54, 1.807) is 13.8 Å². The maximum absolute atomic E-state index is 12.7. The number of rotatable bonds is 7. The Bertz CT molecular complexity index is 825. The molecule has 0 radical (unpaired) electrons. The molecule has 26 heavy (non-hydrogen) atoms. The average molecular weight is 423 g/mol. The SMILES string of the molecule is CCOc1cc([N+](=O)[O-])c(C(=O)NC(C)c2ccccc2Br)cc1OC. The summed E-state index contributed by atoms with van der Waals surface area (Å²) in [6, 6.07) is 9.62. The second-order valence-corrected chi connectivity index (χ2v) is 6.28. The highest BCUT2D eigenvalue weighted by atomic mass is 79.9. The molecular weight excluding hydrogens is 404 g/mol. The minimum Gasteiger partial charge on any atom is -0.493 e. The molecule has 1 amide bonds. The molecule has 2 aromatic carbocycles. The van der Waals surface area contributed by atoms with Crippen molar-refractivity contribution in [3.05, 3.63) is 62.1 Å². The van der Waals surface area contributed by atoms with Gasteiger partial charge in [0.15, 0.2) is 11.5 Å². The fraction of sp³-hybridized carbons (Fsp3) is 0.278. The number of nitro groups is 1. The monoisotopic (exact) mass is 422 g/mol. The van der Waals surface area contributed by atoms with Crippen LogP contribution in [0, 0.1) is 10.1 Å². The van der Waals surface area contributed by atoms with Gasteiger partial charge in [-0.15, -0.1) is 0 Å². The molecule has 0 aliphatic rings. The van der Waals surface area contributed by atoms with Crippen molar-refractivity contribution in [2.24, 2.45) is 0 Å². The quantitative estimate of drug-likeness (QED) is 0.531. The molecule has 7 nitrogen and oxygen atoms in total. The molecule has 0 saturated carbocycles. The first kappa shape index (κ1) is 19.7. The molecule has 8 heteroatoms. The van der Waals surface area contributed by atoms with Crippen molar-refractivity contribution < 1.29 is 19.2 Å². The number of hydrogen-bond acceptors (Lipinski definition) is 5. The normalized spacial score (nSPS) is 11.5. The zero-order valence-corrected chi connectivity index (χ0v) is 16.2. The Hall–Kier alpha value is -2.61. The van der Waals surface area contributed by atoms with Crippen LogP contribution in [0.1, 0.15) is 35.8 Å². The van der Waals surface area contributed by atoms with Crippen LogP contribution in [0.3, 0.4) is 0 Å². The molecule has 1 atom stereocenters. The van der Waals surface area contributed by atoms with Crippen molar-refractivity contribution >= 4 is 27.5 Å². The van der Waals surface area contributed by atoms with E-state index in [0.29, 0.717) is 6.61 Å². The van der Waals surface area contributed by atoms with Gasteiger partial charge in [-0.1, -0.05) is 34.1 Å². The van der Waals surface area contributed by atoms with E-state index in [4.69, 9.17) is 9.47 Å². The molecule has 0 aliphatic carbocycles. The van der Waals surface area contributed by atoms with E-state index in [0.717, 1.165) is 10.0 Å². The van der Waals surface area contributed by atoms with Crippen LogP contribution in [0.4, 0.5) is 5.69 Å². The summed E-state index contributed by atoms with van der Waals surface area (Å²) in [6.45, 7) is 3.87. The van der Waals surface area contributed by atoms with E-state index in [-0.39, 0.29) is 28.8 Å². The summed E-state index contributed by atoms with van der Waals surface area (Å²) in [5.41, 5.74) is 0.432. The molecule has 138 valence electrons. The third-order valence-electron chi connectivity index (χ3n) is 3.74. The molecule has 0 aliphatic heterocycles. The van der Waals surface area contributed by atoms with E-state index in [9.17, 15) is 14.9 Å². The number of nitrogens with one attached hydrogen (secondary N) is 1. The van der Waals surface area contributed by atoms with Crippen molar-refractivity contribution in [1.29, 1.82) is 0 Å². The van der Waals surface area contributed by atoms with Gasteiger partial charge in [-0.05, 0) is 25.5 Å². The number of nitrogens with zero attached hydrogens (tertiary/aromatic N) is 1. The van der Waals surface area contributed by atoms with Gasteiger partial charge in [0, 0.05) is 10.5 Å². The highest BCUT2D eigenvalue weighted by molar-refractivity contribution is 9.10. The molecule has 1 N–H and O–H groups in total. The van der Waals surface area contributed by atoms with Crippen molar-refractivity contribution in [3.63, 3.8) is 0 Å². The van der Waals surface area contributed by atoms with Gasteiger partial charge in [0.1, 0.15) is 5.56 Å². The van der Waals surface area contributed by atoms with Crippen LogP contribution in [-0.4, -0.2) is 24.5 Å². The van der Waals surface area contributed by atoms with Crippen molar-refractivity contribution in [2.45, 2.75) is 19.9 Å². The van der Waals surface area contributed by atoms with Crippen LogP contribution in [-0.2, 0) is 0 Å². The number of methoxy groups -OCH3 is 1. The van der Waals surface area contributed by atoms with Crippen molar-refractivity contribution in [1.82, 2.24) is 5.32 Å². The Morgan fingerprint density at radius 2 is 2.00 bits per heavy atom. The number of carbonyl (C=O) groups is 1. The van der Waals surface area contributed by atoms with Gasteiger partial charge in [0.25, 0.3) is 11.6 Å². The number of halogens is 1. The number of benzene rings is 2. The Kier molecular flexibility index (Phi) is 6.57. The first-order valence-corrected chi connectivity index (χ1v) is 8.72. The summed E-state index contributed by atoms with van der Waals surface area (Å²) in [5.74, 6) is -0.0884. The largest absolute Gasteiger partial charge is 0.493 e. The summed E-state index contributed by atoms with van der Waals surface area (Å²) >= 11 is 3.43. The minimum absolute atomic E-state index is 0.0887. The van der Waals surface area contributed by atoms with E-state index in [1.807, 2.05) is 24.3 Å². The Balaban J connectivity index is 2.38. The molecular formula is C18H19BrN2O5. The van der Waals surface area contributed by atoms with Crippen molar-refractivity contribution in [3.8, 4) is 11.5 Å². The number of hydrogen-bond donors (Lipinski definition) is 1. The molecule has 0 bridgehead atoms. The Labute approximate surface area is 159 Å². The lowest BCUT2D eigenvalue weighted by Crippen LogP contribution is -2.27. The highest BCUT2D eigenvalue weighted by Crippen LogP contribution is 2.35. The zero-order valence-electron chi connectivity index (χ0n) is 14.6. The zero-order chi connectivity index (χ0) is 19.3. The molecule has 2 aromatic rings. The Morgan fingerprint density at radius 3 is 2.58 bits per heavy atom. The first-order valence-electron chi connectivity index (χ1n) is 7.93. The summed E-state index contributed by atoms with van der Waals surface area (Å²) in [4.78, 5) is 23.5. The fourth-order valence-corrected chi connectivity index (χ4v) is 3.12. The second kappa shape index (κ2) is 8.66. The molecule has 0 saturated heterocycles. The number of nitro benzene ring substituents is 1. The second-order valence-electron chi connectivity index (χ2n) is 5.43. The predicted molar refractivity (Wildman–Crippen MR) is 101 cm³/mol. The van der Waals surface area contributed by atoms with Gasteiger partial charge >= 0.3 is 0 Å². The van der Waals surface area contributed by atoms with Crippen molar-refractivity contribution in [2.75, 3.05) is 13.7 Å². The molecule has 0 heterocycles. The smallest absolute Gasteiger partial charge is 0.286 e. The van der Waals surface area contributed by atoms with Gasteiger partial charge in [-0.2, -0.15) is 0 Å². The van der Waals surface area contributed by atoms with Crippen LogP contribution >= 0.6 is 15.9 Å². The van der Waals surface area contributed by atoms with E-state index < -0.39 is 10.8 Å². The lowest BCUT2D eigenvalue weighted by atomic mass is 10.1.